The Morgan fingerprint density at radius 2 is 1.74 bits per heavy atom. The molecular weight excluding hydrogens is 351 g/mol. The SMILES string of the molecule is CCCCCC(=O)c1cnc2c(C(F)(F)F)cccc2c1-c1ccccc1. The molecule has 0 unspecified atom stereocenters. The zero-order valence-electron chi connectivity index (χ0n) is 15.0. The Kier molecular flexibility index (Phi) is 5.59. The van der Waals surface area contributed by atoms with Crippen molar-refractivity contribution in [2.75, 3.05) is 0 Å². The zero-order valence-corrected chi connectivity index (χ0v) is 15.0. The lowest BCUT2D eigenvalue weighted by atomic mass is 9.92. The molecule has 27 heavy (non-hydrogen) atoms. The number of halogens is 3. The van der Waals surface area contributed by atoms with E-state index in [0.29, 0.717) is 28.5 Å². The van der Waals surface area contributed by atoms with Crippen LogP contribution >= 0.6 is 0 Å². The third kappa shape index (κ3) is 4.02. The van der Waals surface area contributed by atoms with Gasteiger partial charge in [0.15, 0.2) is 5.78 Å². The first-order valence-corrected chi connectivity index (χ1v) is 9.01. The van der Waals surface area contributed by atoms with Crippen LogP contribution in [-0.2, 0) is 6.18 Å². The number of fused-ring (bicyclic) bond motifs is 1. The lowest BCUT2D eigenvalue weighted by molar-refractivity contribution is -0.136. The molecule has 0 amide bonds. The number of hydrogen-bond donors (Lipinski definition) is 0. The molecule has 0 N–H and O–H groups in total. The van der Waals surface area contributed by atoms with Crippen LogP contribution in [0.1, 0.15) is 48.5 Å². The van der Waals surface area contributed by atoms with Gasteiger partial charge >= 0.3 is 6.18 Å². The van der Waals surface area contributed by atoms with Gasteiger partial charge in [0.2, 0.25) is 0 Å². The van der Waals surface area contributed by atoms with Gasteiger partial charge in [0.1, 0.15) is 0 Å². The molecule has 0 saturated heterocycles. The Morgan fingerprint density at radius 1 is 1.00 bits per heavy atom. The maximum atomic E-state index is 13.4. The summed E-state index contributed by atoms with van der Waals surface area (Å²) in [6.07, 6.45) is -0.166. The minimum atomic E-state index is -4.51. The summed E-state index contributed by atoms with van der Waals surface area (Å²) in [4.78, 5) is 16.8. The maximum Gasteiger partial charge on any atom is 0.418 e. The predicted octanol–water partition coefficient (Wildman–Crippen LogP) is 6.68. The Hall–Kier alpha value is -2.69. The fourth-order valence-electron chi connectivity index (χ4n) is 3.25. The van der Waals surface area contributed by atoms with Gasteiger partial charge in [-0.15, -0.1) is 0 Å². The molecule has 0 radical (unpaired) electrons. The number of pyridine rings is 1. The van der Waals surface area contributed by atoms with Gasteiger partial charge in [-0.2, -0.15) is 13.2 Å². The lowest BCUT2D eigenvalue weighted by Gasteiger charge is -2.15. The molecular formula is C22H20F3NO. The highest BCUT2D eigenvalue weighted by Crippen LogP contribution is 2.38. The molecule has 0 fully saturated rings. The maximum absolute atomic E-state index is 13.4. The standard InChI is InChI=1S/C22H20F3NO/c1-2-3-5-13-19(27)17-14-26-21-16(11-8-12-18(21)22(23,24)25)20(17)15-9-6-4-7-10-15/h4,6-12,14H,2-3,5,13H2,1H3. The van der Waals surface area contributed by atoms with E-state index in [9.17, 15) is 18.0 Å². The number of aromatic nitrogens is 1. The third-order valence-corrected chi connectivity index (χ3v) is 4.57. The minimum absolute atomic E-state index is 0.0888. The molecule has 140 valence electrons. The van der Waals surface area contributed by atoms with E-state index in [4.69, 9.17) is 0 Å². The number of benzene rings is 2. The van der Waals surface area contributed by atoms with E-state index in [1.165, 1.54) is 12.3 Å². The van der Waals surface area contributed by atoms with Crippen molar-refractivity contribution in [1.29, 1.82) is 0 Å². The van der Waals surface area contributed by atoms with E-state index >= 15 is 0 Å². The van der Waals surface area contributed by atoms with Crippen LogP contribution in [-0.4, -0.2) is 10.8 Å². The highest BCUT2D eigenvalue weighted by atomic mass is 19.4. The number of nitrogens with zero attached hydrogens (tertiary/aromatic N) is 1. The van der Waals surface area contributed by atoms with Gasteiger partial charge in [0, 0.05) is 29.1 Å². The molecule has 5 heteroatoms. The summed E-state index contributed by atoms with van der Waals surface area (Å²) in [7, 11) is 0. The largest absolute Gasteiger partial charge is 0.418 e. The monoisotopic (exact) mass is 371 g/mol. The van der Waals surface area contributed by atoms with Crippen molar-refractivity contribution >= 4 is 16.7 Å². The van der Waals surface area contributed by atoms with Gasteiger partial charge < -0.3 is 0 Å². The van der Waals surface area contributed by atoms with Crippen molar-refractivity contribution in [1.82, 2.24) is 4.98 Å². The predicted molar refractivity (Wildman–Crippen MR) is 101 cm³/mol. The molecule has 0 bridgehead atoms. The first-order valence-electron chi connectivity index (χ1n) is 9.01. The number of unbranched alkanes of at least 4 members (excludes halogenated alkanes) is 2. The van der Waals surface area contributed by atoms with Crippen molar-refractivity contribution in [3.8, 4) is 11.1 Å². The van der Waals surface area contributed by atoms with Crippen molar-refractivity contribution in [3.05, 3.63) is 65.9 Å². The van der Waals surface area contributed by atoms with Crippen LogP contribution in [0.15, 0.2) is 54.7 Å². The topological polar surface area (TPSA) is 30.0 Å². The van der Waals surface area contributed by atoms with Crippen LogP contribution in [0.5, 0.6) is 0 Å². The summed E-state index contributed by atoms with van der Waals surface area (Å²) in [6, 6.07) is 13.0. The van der Waals surface area contributed by atoms with E-state index in [0.717, 1.165) is 25.3 Å². The Labute approximate surface area is 156 Å². The van der Waals surface area contributed by atoms with Crippen LogP contribution in [0.2, 0.25) is 0 Å². The van der Waals surface area contributed by atoms with E-state index in [2.05, 4.69) is 11.9 Å². The number of Topliss-reactive ketones (excluding diaryl/α,β-unsaturated/α-hetero) is 1. The molecule has 0 aliphatic heterocycles. The molecule has 0 aliphatic carbocycles. The van der Waals surface area contributed by atoms with Gasteiger partial charge in [0.05, 0.1) is 11.1 Å². The quantitative estimate of drug-likeness (QED) is 0.357. The number of para-hydroxylation sites is 1. The molecule has 0 atom stereocenters. The molecule has 3 rings (SSSR count). The first kappa shape index (κ1) is 19.1. The molecule has 0 aliphatic rings. The molecule has 2 nitrogen and oxygen atoms in total. The summed E-state index contributed by atoms with van der Waals surface area (Å²) in [6.45, 7) is 2.05. The Balaban J connectivity index is 2.23. The summed E-state index contributed by atoms with van der Waals surface area (Å²) >= 11 is 0. The zero-order chi connectivity index (χ0) is 19.4. The summed E-state index contributed by atoms with van der Waals surface area (Å²) in [5.74, 6) is -0.0888. The van der Waals surface area contributed by atoms with Gasteiger partial charge in [-0.25, -0.2) is 0 Å². The second kappa shape index (κ2) is 7.91. The van der Waals surface area contributed by atoms with E-state index in [1.807, 2.05) is 6.07 Å². The van der Waals surface area contributed by atoms with Gasteiger partial charge in [-0.3, -0.25) is 9.78 Å². The van der Waals surface area contributed by atoms with Gasteiger partial charge in [0.25, 0.3) is 0 Å². The fourth-order valence-corrected chi connectivity index (χ4v) is 3.25. The summed E-state index contributed by atoms with van der Waals surface area (Å²) in [5, 5.41) is 0.345. The highest BCUT2D eigenvalue weighted by molar-refractivity contribution is 6.10. The smallest absolute Gasteiger partial charge is 0.294 e. The van der Waals surface area contributed by atoms with Gasteiger partial charge in [-0.1, -0.05) is 62.2 Å². The van der Waals surface area contributed by atoms with Crippen LogP contribution in [0.3, 0.4) is 0 Å². The molecule has 2 aromatic carbocycles. The molecule has 1 aromatic heterocycles. The van der Waals surface area contributed by atoms with Gasteiger partial charge in [-0.05, 0) is 18.1 Å². The number of alkyl halides is 3. The van der Waals surface area contributed by atoms with Crippen LogP contribution in [0.4, 0.5) is 13.2 Å². The molecule has 0 saturated carbocycles. The van der Waals surface area contributed by atoms with Crippen molar-refractivity contribution in [2.24, 2.45) is 0 Å². The van der Waals surface area contributed by atoms with Crippen molar-refractivity contribution < 1.29 is 18.0 Å². The average Bonchev–Trinajstić information content (AvgIpc) is 2.66. The summed E-state index contributed by atoms with van der Waals surface area (Å²) in [5.41, 5.74) is 0.691. The normalized spacial score (nSPS) is 11.7. The second-order valence-corrected chi connectivity index (χ2v) is 6.49. The Morgan fingerprint density at radius 3 is 2.41 bits per heavy atom. The van der Waals surface area contributed by atoms with Crippen LogP contribution in [0, 0.1) is 0 Å². The highest BCUT2D eigenvalue weighted by Gasteiger charge is 2.34. The van der Waals surface area contributed by atoms with Crippen molar-refractivity contribution in [3.63, 3.8) is 0 Å². The third-order valence-electron chi connectivity index (χ3n) is 4.57. The Bertz CT molecular complexity index is 949. The van der Waals surface area contributed by atoms with Crippen LogP contribution < -0.4 is 0 Å². The lowest BCUT2D eigenvalue weighted by Crippen LogP contribution is -2.09. The first-order chi connectivity index (χ1) is 12.9. The fraction of sp³-hybridized carbons (Fsp3) is 0.273. The van der Waals surface area contributed by atoms with E-state index in [1.54, 1.807) is 30.3 Å². The molecule has 3 aromatic rings. The number of carbonyl (C=O) groups excluding carboxylic acids is 1. The number of rotatable bonds is 6. The average molecular weight is 371 g/mol. The van der Waals surface area contributed by atoms with E-state index in [-0.39, 0.29) is 11.3 Å². The minimum Gasteiger partial charge on any atom is -0.294 e. The van der Waals surface area contributed by atoms with E-state index < -0.39 is 11.7 Å². The molecule has 1 heterocycles. The number of ketones is 1. The summed E-state index contributed by atoms with van der Waals surface area (Å²) < 4.78 is 40.2. The molecule has 0 spiro atoms. The second-order valence-electron chi connectivity index (χ2n) is 6.49. The number of carbonyl (C=O) groups is 1. The number of hydrogen-bond acceptors (Lipinski definition) is 2. The van der Waals surface area contributed by atoms with Crippen LogP contribution in [0.25, 0.3) is 22.0 Å². The van der Waals surface area contributed by atoms with Crippen molar-refractivity contribution in [2.45, 2.75) is 38.8 Å².